The van der Waals surface area contributed by atoms with Crippen molar-refractivity contribution in [3.8, 4) is 0 Å². The molecule has 2 amide bonds. The zero-order chi connectivity index (χ0) is 20.8. The number of H-pyrrole nitrogens is 1. The van der Waals surface area contributed by atoms with E-state index in [4.69, 9.17) is 9.26 Å². The van der Waals surface area contributed by atoms with E-state index in [2.05, 4.69) is 26.0 Å². The number of nitrogens with one attached hydrogen (secondary N) is 3. The number of hydrogen-bond donors (Lipinski definition) is 3. The molecule has 158 valence electrons. The Kier molecular flexibility index (Phi) is 6.90. The summed E-state index contributed by atoms with van der Waals surface area (Å²) in [6, 6.07) is 3.71. The van der Waals surface area contributed by atoms with Crippen LogP contribution in [0.15, 0.2) is 16.7 Å². The number of aromatic amines is 1. The van der Waals surface area contributed by atoms with Crippen molar-refractivity contribution in [1.82, 2.24) is 20.7 Å². The van der Waals surface area contributed by atoms with Crippen molar-refractivity contribution in [3.63, 3.8) is 0 Å². The molecule has 3 N–H and O–H groups in total. The number of alkyl carbamates (subject to hydrolysis) is 1. The van der Waals surface area contributed by atoms with Gasteiger partial charge in [-0.15, -0.1) is 0 Å². The molecule has 2 aromatic heterocycles. The van der Waals surface area contributed by atoms with Crippen LogP contribution in [-0.2, 0) is 16.0 Å². The first kappa shape index (κ1) is 20.9. The van der Waals surface area contributed by atoms with Crippen molar-refractivity contribution >= 4 is 17.8 Å². The second-order valence-electron chi connectivity index (χ2n) is 7.98. The van der Waals surface area contributed by atoms with E-state index < -0.39 is 0 Å². The number of anilines is 1. The lowest BCUT2D eigenvalue weighted by atomic mass is 9.81. The normalized spacial score (nSPS) is 19.2. The number of aromatic nitrogens is 3. The first-order valence-corrected chi connectivity index (χ1v) is 10.1. The Morgan fingerprint density at radius 2 is 2.03 bits per heavy atom. The monoisotopic (exact) mass is 403 g/mol. The molecule has 1 fully saturated rings. The molecule has 0 spiro atoms. The average Bonchev–Trinajstić information content (AvgIpc) is 3.29. The maximum Gasteiger partial charge on any atom is 0.407 e. The zero-order valence-corrected chi connectivity index (χ0v) is 17.2. The topological polar surface area (TPSA) is 122 Å². The van der Waals surface area contributed by atoms with Gasteiger partial charge in [0, 0.05) is 29.8 Å². The minimum Gasteiger partial charge on any atom is -0.449 e. The quantitative estimate of drug-likeness (QED) is 0.652. The van der Waals surface area contributed by atoms with Crippen molar-refractivity contribution in [2.75, 3.05) is 11.9 Å². The van der Waals surface area contributed by atoms with Crippen molar-refractivity contribution < 1.29 is 18.8 Å². The van der Waals surface area contributed by atoms with Crippen LogP contribution in [0.1, 0.15) is 62.6 Å². The van der Waals surface area contributed by atoms with E-state index in [1.165, 1.54) is 0 Å². The molecule has 9 nitrogen and oxygen atoms in total. The summed E-state index contributed by atoms with van der Waals surface area (Å²) in [6.07, 6.45) is 3.74. The fourth-order valence-corrected chi connectivity index (χ4v) is 3.57. The van der Waals surface area contributed by atoms with Crippen LogP contribution in [0.25, 0.3) is 0 Å². The largest absolute Gasteiger partial charge is 0.449 e. The molecule has 0 radical (unpaired) electrons. The van der Waals surface area contributed by atoms with E-state index in [9.17, 15) is 9.59 Å². The second-order valence-corrected chi connectivity index (χ2v) is 7.98. The number of rotatable bonds is 7. The van der Waals surface area contributed by atoms with E-state index >= 15 is 0 Å². The summed E-state index contributed by atoms with van der Waals surface area (Å²) in [5, 5.41) is 16.5. The molecule has 1 aliphatic carbocycles. The summed E-state index contributed by atoms with van der Waals surface area (Å²) in [6.45, 7) is 6.08. The molecule has 9 heteroatoms. The van der Waals surface area contributed by atoms with Crippen LogP contribution in [-0.4, -0.2) is 40.0 Å². The van der Waals surface area contributed by atoms with Gasteiger partial charge in [0.2, 0.25) is 5.91 Å². The highest BCUT2D eigenvalue weighted by Gasteiger charge is 2.25. The average molecular weight is 403 g/mol. The lowest BCUT2D eigenvalue weighted by Gasteiger charge is -2.27. The number of carbonyl (C=O) groups excluding carboxylic acids is 2. The van der Waals surface area contributed by atoms with E-state index in [0.717, 1.165) is 37.1 Å². The Labute approximate surface area is 169 Å². The maximum absolute atomic E-state index is 12.1. The summed E-state index contributed by atoms with van der Waals surface area (Å²) >= 11 is 0. The highest BCUT2D eigenvalue weighted by molar-refractivity contribution is 5.91. The van der Waals surface area contributed by atoms with Crippen LogP contribution in [0.4, 0.5) is 10.6 Å². The number of aryl methyl sites for hydroxylation is 1. The van der Waals surface area contributed by atoms with Crippen LogP contribution in [0.5, 0.6) is 0 Å². The van der Waals surface area contributed by atoms with Crippen molar-refractivity contribution in [3.05, 3.63) is 29.3 Å². The van der Waals surface area contributed by atoms with Crippen molar-refractivity contribution in [2.24, 2.45) is 5.92 Å². The molecule has 0 bridgehead atoms. The Balaban J connectivity index is 1.42. The van der Waals surface area contributed by atoms with E-state index in [-0.39, 0.29) is 24.5 Å². The third-order valence-corrected chi connectivity index (χ3v) is 5.02. The first-order chi connectivity index (χ1) is 13.9. The summed E-state index contributed by atoms with van der Waals surface area (Å²) in [7, 11) is 0. The van der Waals surface area contributed by atoms with Gasteiger partial charge in [-0.05, 0) is 52.4 Å². The Morgan fingerprint density at radius 3 is 2.69 bits per heavy atom. The van der Waals surface area contributed by atoms with Crippen LogP contribution < -0.4 is 10.6 Å². The third kappa shape index (κ3) is 6.33. The van der Waals surface area contributed by atoms with Gasteiger partial charge in [0.05, 0.1) is 18.7 Å². The lowest BCUT2D eigenvalue weighted by molar-refractivity contribution is -0.115. The summed E-state index contributed by atoms with van der Waals surface area (Å²) in [5.41, 5.74) is 1.77. The minimum absolute atomic E-state index is 0.0770. The molecule has 2 aromatic rings. The van der Waals surface area contributed by atoms with E-state index in [0.29, 0.717) is 30.0 Å². The molecular weight excluding hydrogens is 374 g/mol. The molecule has 2 heterocycles. The standard InChI is InChI=1S/C20H29N5O4/c1-12(2)21-20(27)28-11-14-4-6-15(7-5-14)17-10-18(24-23-17)22-19(26)9-16-8-13(3)25-29-16/h8,10,12,14-15H,4-7,9,11H2,1-3H3,(H,21,27)(H2,22,23,24,26). The molecular formula is C20H29N5O4. The summed E-state index contributed by atoms with van der Waals surface area (Å²) < 4.78 is 10.4. The van der Waals surface area contributed by atoms with E-state index in [1.54, 1.807) is 6.07 Å². The Morgan fingerprint density at radius 1 is 1.28 bits per heavy atom. The molecule has 1 saturated carbocycles. The smallest absolute Gasteiger partial charge is 0.407 e. The Bertz CT molecular complexity index is 820. The highest BCUT2D eigenvalue weighted by atomic mass is 16.5. The van der Waals surface area contributed by atoms with E-state index in [1.807, 2.05) is 26.8 Å². The molecule has 0 aliphatic heterocycles. The van der Waals surface area contributed by atoms with Gasteiger partial charge < -0.3 is 19.9 Å². The second kappa shape index (κ2) is 9.58. The number of carbonyl (C=O) groups is 2. The van der Waals surface area contributed by atoms with Gasteiger partial charge in [-0.2, -0.15) is 5.10 Å². The Hall–Kier alpha value is -2.84. The SMILES string of the molecule is Cc1cc(CC(=O)Nc2cc(C3CCC(COC(=O)NC(C)C)CC3)[nH]n2)on1. The summed E-state index contributed by atoms with van der Waals surface area (Å²) in [5.74, 6) is 1.59. The lowest BCUT2D eigenvalue weighted by Crippen LogP contribution is -2.32. The van der Waals surface area contributed by atoms with Crippen molar-refractivity contribution in [1.29, 1.82) is 0 Å². The fourth-order valence-electron chi connectivity index (χ4n) is 3.57. The predicted molar refractivity (Wildman–Crippen MR) is 106 cm³/mol. The van der Waals surface area contributed by atoms with Crippen LogP contribution in [0, 0.1) is 12.8 Å². The molecule has 3 rings (SSSR count). The minimum atomic E-state index is -0.350. The van der Waals surface area contributed by atoms with Gasteiger partial charge in [-0.25, -0.2) is 4.79 Å². The van der Waals surface area contributed by atoms with Crippen LogP contribution in [0.2, 0.25) is 0 Å². The van der Waals surface area contributed by atoms with Gasteiger partial charge in [-0.1, -0.05) is 5.16 Å². The van der Waals surface area contributed by atoms with Crippen molar-refractivity contribution in [2.45, 2.75) is 64.8 Å². The van der Waals surface area contributed by atoms with Crippen LogP contribution >= 0.6 is 0 Å². The highest BCUT2D eigenvalue weighted by Crippen LogP contribution is 2.35. The maximum atomic E-state index is 12.1. The number of ether oxygens (including phenoxy) is 1. The molecule has 0 saturated heterocycles. The van der Waals surface area contributed by atoms with Crippen LogP contribution in [0.3, 0.4) is 0 Å². The van der Waals surface area contributed by atoms with Gasteiger partial charge in [0.25, 0.3) is 0 Å². The molecule has 0 unspecified atom stereocenters. The number of nitrogens with zero attached hydrogens (tertiary/aromatic N) is 2. The zero-order valence-electron chi connectivity index (χ0n) is 17.2. The van der Waals surface area contributed by atoms with Gasteiger partial charge in [0.15, 0.2) is 5.82 Å². The molecule has 0 aromatic carbocycles. The van der Waals surface area contributed by atoms with Gasteiger partial charge in [0.1, 0.15) is 5.76 Å². The van der Waals surface area contributed by atoms with Gasteiger partial charge in [-0.3, -0.25) is 9.89 Å². The molecule has 1 aliphatic rings. The molecule has 29 heavy (non-hydrogen) atoms. The van der Waals surface area contributed by atoms with Gasteiger partial charge >= 0.3 is 6.09 Å². The predicted octanol–water partition coefficient (Wildman–Crippen LogP) is 3.30. The number of amides is 2. The summed E-state index contributed by atoms with van der Waals surface area (Å²) in [4.78, 5) is 23.7. The fraction of sp³-hybridized carbons (Fsp3) is 0.600. The first-order valence-electron chi connectivity index (χ1n) is 10.1. The molecule has 0 atom stereocenters. The third-order valence-electron chi connectivity index (χ3n) is 5.02. The number of hydrogen-bond acceptors (Lipinski definition) is 6.